The molecule has 1 N–H and O–H groups in total. The Labute approximate surface area is 115 Å². The molecule has 0 aliphatic heterocycles. The Balaban J connectivity index is 2.76. The van der Waals surface area contributed by atoms with Gasteiger partial charge in [0.15, 0.2) is 5.75 Å². The lowest BCUT2D eigenvalue weighted by atomic mass is 10.2. The molecule has 0 fully saturated rings. The third-order valence-corrected chi connectivity index (χ3v) is 2.86. The minimum absolute atomic E-state index is 0.0688. The zero-order valence-corrected chi connectivity index (χ0v) is 12.3. The Morgan fingerprint density at radius 3 is 2.68 bits per heavy atom. The summed E-state index contributed by atoms with van der Waals surface area (Å²) in [5.41, 5.74) is 1.03. The minimum atomic E-state index is 0.0688. The Hall–Kier alpha value is -1.11. The van der Waals surface area contributed by atoms with Gasteiger partial charge in [0.2, 0.25) is 0 Å². The Bertz CT molecular complexity index is 333. The van der Waals surface area contributed by atoms with Crippen LogP contribution in [0.25, 0.3) is 0 Å². The lowest BCUT2D eigenvalue weighted by molar-refractivity contribution is 0.0572. The second-order valence-electron chi connectivity index (χ2n) is 4.09. The van der Waals surface area contributed by atoms with Crippen molar-refractivity contribution in [2.45, 2.75) is 26.4 Å². The van der Waals surface area contributed by atoms with Gasteiger partial charge in [0.1, 0.15) is 0 Å². The molecule has 1 heterocycles. The lowest BCUT2D eigenvalue weighted by Gasteiger charge is -2.20. The molecule has 0 aromatic carbocycles. The van der Waals surface area contributed by atoms with E-state index >= 15 is 0 Å². The Morgan fingerprint density at radius 1 is 1.32 bits per heavy atom. The molecule has 0 amide bonds. The van der Waals surface area contributed by atoms with E-state index in [-0.39, 0.29) is 6.04 Å². The molecule has 6 nitrogen and oxygen atoms in total. The number of ether oxygens (including phenoxy) is 3. The van der Waals surface area contributed by atoms with Crippen molar-refractivity contribution in [3.63, 3.8) is 0 Å². The second-order valence-corrected chi connectivity index (χ2v) is 4.09. The van der Waals surface area contributed by atoms with Gasteiger partial charge >= 0.3 is 0 Å². The minimum Gasteiger partial charge on any atom is -0.493 e. The Kier molecular flexibility index (Phi) is 7.47. The molecule has 6 heteroatoms. The van der Waals surface area contributed by atoms with Crippen molar-refractivity contribution < 1.29 is 14.2 Å². The number of hydrogen-bond donors (Lipinski definition) is 1. The summed E-state index contributed by atoms with van der Waals surface area (Å²) in [6.07, 6.45) is 1.75. The first-order valence-corrected chi connectivity index (χ1v) is 6.68. The number of rotatable bonds is 10. The molecule has 0 radical (unpaired) electrons. The van der Waals surface area contributed by atoms with Crippen LogP contribution in [0.1, 0.15) is 25.6 Å². The number of aryl methyl sites for hydroxylation is 1. The van der Waals surface area contributed by atoms with Crippen LogP contribution >= 0.6 is 0 Å². The van der Waals surface area contributed by atoms with Crippen LogP contribution in [0.5, 0.6) is 5.75 Å². The normalized spacial score (nSPS) is 12.6. The molecule has 1 atom stereocenters. The van der Waals surface area contributed by atoms with Gasteiger partial charge in [0.05, 0.1) is 44.9 Å². The van der Waals surface area contributed by atoms with E-state index in [1.54, 1.807) is 20.4 Å². The molecule has 1 rings (SSSR count). The predicted molar refractivity (Wildman–Crippen MR) is 73.6 cm³/mol. The zero-order chi connectivity index (χ0) is 14.1. The average Bonchev–Trinajstić information content (AvgIpc) is 2.85. The fraction of sp³-hybridized carbons (Fsp3) is 0.769. The number of nitrogens with one attached hydrogen (secondary N) is 1. The first-order chi connectivity index (χ1) is 9.28. The first kappa shape index (κ1) is 15.9. The van der Waals surface area contributed by atoms with Crippen molar-refractivity contribution in [3.8, 4) is 5.75 Å². The van der Waals surface area contributed by atoms with Crippen LogP contribution in [-0.4, -0.2) is 50.4 Å². The molecule has 1 unspecified atom stereocenters. The third-order valence-electron chi connectivity index (χ3n) is 2.86. The van der Waals surface area contributed by atoms with Gasteiger partial charge in [0.25, 0.3) is 0 Å². The molecule has 110 valence electrons. The van der Waals surface area contributed by atoms with Crippen LogP contribution in [0.2, 0.25) is 0 Å². The quantitative estimate of drug-likeness (QED) is 0.649. The summed E-state index contributed by atoms with van der Waals surface area (Å²) >= 11 is 0. The van der Waals surface area contributed by atoms with E-state index in [1.807, 2.05) is 4.68 Å². The molecule has 1 aromatic heterocycles. The maximum atomic E-state index is 5.63. The van der Waals surface area contributed by atoms with Crippen molar-refractivity contribution in [2.75, 3.05) is 40.6 Å². The van der Waals surface area contributed by atoms with Crippen LogP contribution in [0.3, 0.4) is 0 Å². The average molecular weight is 271 g/mol. The molecule has 0 aliphatic carbocycles. The molecule has 0 spiro atoms. The van der Waals surface area contributed by atoms with Gasteiger partial charge in [-0.15, -0.1) is 0 Å². The maximum absolute atomic E-state index is 5.63. The lowest BCUT2D eigenvalue weighted by Crippen LogP contribution is -2.28. The molecule has 0 aliphatic rings. The zero-order valence-electron chi connectivity index (χ0n) is 12.3. The SMILES string of the molecule is CCNC(COCCOC)c1c(OC)cnn1CC. The van der Waals surface area contributed by atoms with E-state index in [1.165, 1.54) is 0 Å². The number of aromatic nitrogens is 2. The number of likely N-dealkylation sites (N-methyl/N-ethyl adjacent to an activating group) is 1. The topological polar surface area (TPSA) is 57.5 Å². The van der Waals surface area contributed by atoms with E-state index in [0.29, 0.717) is 19.8 Å². The molecule has 0 saturated heterocycles. The summed E-state index contributed by atoms with van der Waals surface area (Å²) in [6, 6.07) is 0.0688. The molecular formula is C13H25N3O3. The van der Waals surface area contributed by atoms with E-state index in [0.717, 1.165) is 24.5 Å². The van der Waals surface area contributed by atoms with Gasteiger partial charge in [-0.2, -0.15) is 5.10 Å². The van der Waals surface area contributed by atoms with Gasteiger partial charge in [-0.25, -0.2) is 0 Å². The standard InChI is InChI=1S/C13H25N3O3/c1-5-14-11(10-19-8-7-17-3)13-12(18-4)9-15-16(13)6-2/h9,11,14H,5-8,10H2,1-4H3. The molecule has 0 saturated carbocycles. The summed E-state index contributed by atoms with van der Waals surface area (Å²) in [6.45, 7) is 7.55. The summed E-state index contributed by atoms with van der Waals surface area (Å²) in [4.78, 5) is 0. The molecule has 19 heavy (non-hydrogen) atoms. The molecule has 0 bridgehead atoms. The fourth-order valence-corrected chi connectivity index (χ4v) is 1.96. The summed E-state index contributed by atoms with van der Waals surface area (Å²) in [5.74, 6) is 0.795. The maximum Gasteiger partial charge on any atom is 0.161 e. The fourth-order valence-electron chi connectivity index (χ4n) is 1.96. The number of methoxy groups -OCH3 is 2. The largest absolute Gasteiger partial charge is 0.493 e. The highest BCUT2D eigenvalue weighted by molar-refractivity contribution is 5.28. The summed E-state index contributed by atoms with van der Waals surface area (Å²) in [5, 5.41) is 7.73. The van der Waals surface area contributed by atoms with E-state index < -0.39 is 0 Å². The van der Waals surface area contributed by atoms with Crippen molar-refractivity contribution in [1.82, 2.24) is 15.1 Å². The summed E-state index contributed by atoms with van der Waals surface area (Å²) in [7, 11) is 3.33. The van der Waals surface area contributed by atoms with Crippen LogP contribution in [-0.2, 0) is 16.0 Å². The summed E-state index contributed by atoms with van der Waals surface area (Å²) < 4.78 is 17.9. The second kappa shape index (κ2) is 8.90. The van der Waals surface area contributed by atoms with Gasteiger partial charge in [-0.1, -0.05) is 6.92 Å². The van der Waals surface area contributed by atoms with Crippen LogP contribution < -0.4 is 10.1 Å². The van der Waals surface area contributed by atoms with Gasteiger partial charge < -0.3 is 19.5 Å². The van der Waals surface area contributed by atoms with Crippen molar-refractivity contribution in [2.24, 2.45) is 0 Å². The third kappa shape index (κ3) is 4.49. The number of nitrogens with zero attached hydrogens (tertiary/aromatic N) is 2. The van der Waals surface area contributed by atoms with Gasteiger partial charge in [0, 0.05) is 13.7 Å². The van der Waals surface area contributed by atoms with Crippen molar-refractivity contribution in [1.29, 1.82) is 0 Å². The predicted octanol–water partition coefficient (Wildman–Crippen LogP) is 1.23. The molecular weight excluding hydrogens is 246 g/mol. The van der Waals surface area contributed by atoms with Crippen LogP contribution in [0, 0.1) is 0 Å². The van der Waals surface area contributed by atoms with E-state index in [2.05, 4.69) is 24.3 Å². The van der Waals surface area contributed by atoms with Crippen LogP contribution in [0.4, 0.5) is 0 Å². The molecule has 1 aromatic rings. The van der Waals surface area contributed by atoms with Crippen molar-refractivity contribution >= 4 is 0 Å². The smallest absolute Gasteiger partial charge is 0.161 e. The highest BCUT2D eigenvalue weighted by Crippen LogP contribution is 2.25. The highest BCUT2D eigenvalue weighted by Gasteiger charge is 2.20. The van der Waals surface area contributed by atoms with E-state index in [9.17, 15) is 0 Å². The first-order valence-electron chi connectivity index (χ1n) is 6.68. The Morgan fingerprint density at radius 2 is 2.11 bits per heavy atom. The van der Waals surface area contributed by atoms with Crippen LogP contribution in [0.15, 0.2) is 6.20 Å². The van der Waals surface area contributed by atoms with E-state index in [4.69, 9.17) is 14.2 Å². The van der Waals surface area contributed by atoms with Gasteiger partial charge in [-0.3, -0.25) is 4.68 Å². The monoisotopic (exact) mass is 271 g/mol. The van der Waals surface area contributed by atoms with Crippen molar-refractivity contribution in [3.05, 3.63) is 11.9 Å². The highest BCUT2D eigenvalue weighted by atomic mass is 16.5. The number of hydrogen-bond acceptors (Lipinski definition) is 5. The van der Waals surface area contributed by atoms with Gasteiger partial charge in [-0.05, 0) is 13.5 Å².